The van der Waals surface area contributed by atoms with Crippen molar-refractivity contribution in [1.82, 2.24) is 0 Å². The van der Waals surface area contributed by atoms with Crippen LogP contribution in [0, 0.1) is 23.7 Å². The Morgan fingerprint density at radius 1 is 0.733 bits per heavy atom. The van der Waals surface area contributed by atoms with Crippen LogP contribution in [0.2, 0.25) is 0 Å². The molecule has 86 valence electrons. The van der Waals surface area contributed by atoms with E-state index in [-0.39, 0.29) is 0 Å². The quantitative estimate of drug-likeness (QED) is 0.641. The summed E-state index contributed by atoms with van der Waals surface area (Å²) in [7, 11) is 0. The molecule has 0 heterocycles. The van der Waals surface area contributed by atoms with Gasteiger partial charge >= 0.3 is 0 Å². The van der Waals surface area contributed by atoms with Gasteiger partial charge in [0, 0.05) is 0 Å². The molecule has 0 unspecified atom stereocenters. The lowest BCUT2D eigenvalue weighted by Crippen LogP contribution is -2.56. The first-order valence-corrected chi connectivity index (χ1v) is 6.37. The van der Waals surface area contributed by atoms with Gasteiger partial charge in [-0.2, -0.15) is 0 Å². The minimum atomic E-state index is -0.457. The molecule has 0 spiro atoms. The zero-order chi connectivity index (χ0) is 10.8. The van der Waals surface area contributed by atoms with Crippen molar-refractivity contribution in [2.75, 3.05) is 0 Å². The van der Waals surface area contributed by atoms with E-state index in [1.165, 1.54) is 0 Å². The van der Waals surface area contributed by atoms with E-state index < -0.39 is 11.2 Å². The van der Waals surface area contributed by atoms with Crippen molar-refractivity contribution >= 4 is 0 Å². The molecule has 15 heavy (non-hydrogen) atoms. The minimum absolute atomic E-state index is 0.431. The van der Waals surface area contributed by atoms with Gasteiger partial charge in [-0.3, -0.25) is 0 Å². The Hall–Kier alpha value is -0.0800. The molecule has 0 aromatic carbocycles. The van der Waals surface area contributed by atoms with Crippen LogP contribution in [0.5, 0.6) is 0 Å². The molecule has 6 atom stereocenters. The van der Waals surface area contributed by atoms with Gasteiger partial charge in [-0.1, -0.05) is 0 Å². The van der Waals surface area contributed by atoms with Crippen molar-refractivity contribution in [3.05, 3.63) is 0 Å². The van der Waals surface area contributed by atoms with Gasteiger partial charge in [-0.25, -0.2) is 0 Å². The van der Waals surface area contributed by atoms with Crippen LogP contribution in [0.3, 0.4) is 0 Å². The second kappa shape index (κ2) is 2.78. The fourth-order valence-electron chi connectivity index (χ4n) is 4.54. The van der Waals surface area contributed by atoms with Gasteiger partial charge in [0.25, 0.3) is 0 Å². The zero-order valence-electron chi connectivity index (χ0n) is 9.74. The van der Waals surface area contributed by atoms with E-state index in [0.29, 0.717) is 23.7 Å². The van der Waals surface area contributed by atoms with Gasteiger partial charge in [0.05, 0.1) is 11.2 Å². The number of rotatable bonds is 0. The highest BCUT2D eigenvalue weighted by atomic mass is 16.3. The maximum atomic E-state index is 10.6. The van der Waals surface area contributed by atoms with Gasteiger partial charge in [0.2, 0.25) is 0 Å². The highest BCUT2D eigenvalue weighted by Crippen LogP contribution is 2.59. The lowest BCUT2D eigenvalue weighted by Gasteiger charge is -2.54. The molecule has 4 saturated carbocycles. The molecule has 4 rings (SSSR count). The summed E-state index contributed by atoms with van der Waals surface area (Å²) in [6, 6.07) is 0. The van der Waals surface area contributed by atoms with E-state index in [2.05, 4.69) is 0 Å². The summed E-state index contributed by atoms with van der Waals surface area (Å²) in [5, 5.41) is 21.1. The fourth-order valence-corrected chi connectivity index (χ4v) is 4.54. The highest BCUT2D eigenvalue weighted by molar-refractivity contribution is 5.09. The van der Waals surface area contributed by atoms with Crippen molar-refractivity contribution in [1.29, 1.82) is 0 Å². The summed E-state index contributed by atoms with van der Waals surface area (Å²) in [6.07, 6.45) is 5.33. The smallest absolute Gasteiger partial charge is 0.0676 e. The SMILES string of the molecule is C[C@]1(O)[C@H]2C[C@H]3C[C@@H]1CC[C@@H](C2)[C@]3(C)O. The highest BCUT2D eigenvalue weighted by Gasteiger charge is 2.58. The van der Waals surface area contributed by atoms with E-state index >= 15 is 0 Å². The number of fused-ring (bicyclic) bond motifs is 1. The third-order valence-electron chi connectivity index (χ3n) is 5.88. The van der Waals surface area contributed by atoms with Crippen molar-refractivity contribution in [2.24, 2.45) is 23.7 Å². The minimum Gasteiger partial charge on any atom is -0.390 e. The van der Waals surface area contributed by atoms with E-state index in [9.17, 15) is 10.2 Å². The van der Waals surface area contributed by atoms with Gasteiger partial charge in [0.1, 0.15) is 0 Å². The fraction of sp³-hybridized carbons (Fsp3) is 1.00. The Morgan fingerprint density at radius 2 is 1.07 bits per heavy atom. The van der Waals surface area contributed by atoms with Crippen LogP contribution in [0.1, 0.15) is 46.0 Å². The van der Waals surface area contributed by atoms with E-state index in [4.69, 9.17) is 0 Å². The van der Waals surface area contributed by atoms with Crippen molar-refractivity contribution < 1.29 is 10.2 Å². The van der Waals surface area contributed by atoms with Crippen LogP contribution in [0.15, 0.2) is 0 Å². The predicted molar refractivity (Wildman–Crippen MR) is 58.3 cm³/mol. The lowest BCUT2D eigenvalue weighted by atomic mass is 9.56. The summed E-state index contributed by atoms with van der Waals surface area (Å²) in [5.74, 6) is 1.74. The Balaban J connectivity index is 2.01. The average molecular weight is 210 g/mol. The van der Waals surface area contributed by atoms with Crippen LogP contribution >= 0.6 is 0 Å². The lowest BCUT2D eigenvalue weighted by molar-refractivity contribution is -0.168. The predicted octanol–water partition coefficient (Wildman–Crippen LogP) is 1.94. The van der Waals surface area contributed by atoms with Crippen LogP contribution in [-0.2, 0) is 0 Å². The molecule has 0 aromatic heterocycles. The van der Waals surface area contributed by atoms with Gasteiger partial charge in [0.15, 0.2) is 0 Å². The van der Waals surface area contributed by atoms with E-state index in [1.807, 2.05) is 13.8 Å². The maximum absolute atomic E-state index is 10.6. The first-order valence-electron chi connectivity index (χ1n) is 6.37. The Labute approximate surface area is 91.7 Å². The Morgan fingerprint density at radius 3 is 1.47 bits per heavy atom. The number of hydrogen-bond acceptors (Lipinski definition) is 2. The van der Waals surface area contributed by atoms with Crippen LogP contribution in [-0.4, -0.2) is 21.4 Å². The second-order valence-corrected chi connectivity index (χ2v) is 6.52. The number of hydrogen-bond donors (Lipinski definition) is 2. The molecule has 4 bridgehead atoms. The van der Waals surface area contributed by atoms with Crippen molar-refractivity contribution in [3.63, 3.8) is 0 Å². The Kier molecular flexibility index (Phi) is 1.87. The summed E-state index contributed by atoms with van der Waals surface area (Å²) in [4.78, 5) is 0. The van der Waals surface area contributed by atoms with Gasteiger partial charge in [-0.15, -0.1) is 0 Å². The van der Waals surface area contributed by atoms with Crippen molar-refractivity contribution in [3.8, 4) is 0 Å². The van der Waals surface area contributed by atoms with Gasteiger partial charge in [-0.05, 0) is 69.6 Å². The molecule has 2 N–H and O–H groups in total. The maximum Gasteiger partial charge on any atom is 0.0676 e. The number of aliphatic hydroxyl groups is 2. The van der Waals surface area contributed by atoms with E-state index in [0.717, 1.165) is 32.1 Å². The topological polar surface area (TPSA) is 40.5 Å². The Bertz CT molecular complexity index is 242. The second-order valence-electron chi connectivity index (χ2n) is 6.52. The summed E-state index contributed by atoms with van der Waals surface area (Å²) in [6.45, 7) is 4.06. The molecule has 0 amide bonds. The molecule has 4 aliphatic carbocycles. The molecule has 0 aromatic rings. The molecule has 0 saturated heterocycles. The standard InChI is InChI=1S/C13H22O2/c1-12(14)8-3-4-9-6-10(12)7-11(5-8)13(9,2)15/h8-11,14-15H,3-7H2,1-2H3/t8-,9-,10+,11+,12-,13+/m0/s1. The summed E-state index contributed by atoms with van der Waals surface area (Å²) >= 11 is 0. The largest absolute Gasteiger partial charge is 0.390 e. The molecule has 0 aliphatic heterocycles. The molecular formula is C13H22O2. The average Bonchev–Trinajstić information content (AvgIpc) is 2.30. The summed E-state index contributed by atoms with van der Waals surface area (Å²) < 4.78 is 0. The third kappa shape index (κ3) is 1.18. The van der Waals surface area contributed by atoms with Crippen molar-refractivity contribution in [2.45, 2.75) is 57.2 Å². The molecule has 2 heteroatoms. The summed E-state index contributed by atoms with van der Waals surface area (Å²) in [5.41, 5.74) is -0.913. The molecule has 0 radical (unpaired) electrons. The van der Waals surface area contributed by atoms with E-state index in [1.54, 1.807) is 0 Å². The van der Waals surface area contributed by atoms with Gasteiger partial charge < -0.3 is 10.2 Å². The zero-order valence-corrected chi connectivity index (χ0v) is 9.74. The van der Waals surface area contributed by atoms with Crippen LogP contribution in [0.4, 0.5) is 0 Å². The monoisotopic (exact) mass is 210 g/mol. The third-order valence-corrected chi connectivity index (χ3v) is 5.88. The normalized spacial score (nSPS) is 63.2. The molecular weight excluding hydrogens is 188 g/mol. The molecule has 4 fully saturated rings. The molecule has 2 nitrogen and oxygen atoms in total. The van der Waals surface area contributed by atoms with Crippen LogP contribution < -0.4 is 0 Å². The first kappa shape index (κ1) is 10.1. The van der Waals surface area contributed by atoms with Crippen LogP contribution in [0.25, 0.3) is 0 Å². The first-order chi connectivity index (χ1) is 6.92. The molecule has 4 aliphatic rings.